The van der Waals surface area contributed by atoms with Gasteiger partial charge >= 0.3 is 5.97 Å². The molecule has 0 aromatic heterocycles. The van der Waals surface area contributed by atoms with Crippen LogP contribution in [0.1, 0.15) is 87.1 Å². The highest BCUT2D eigenvalue weighted by atomic mass is 35.5. The molecular weight excluding hydrogens is 561 g/mol. The van der Waals surface area contributed by atoms with Crippen molar-refractivity contribution in [2.75, 3.05) is 6.54 Å². The molecule has 0 aliphatic carbocycles. The number of ether oxygens (including phenoxy) is 1. The average molecular weight is 599 g/mol. The van der Waals surface area contributed by atoms with Gasteiger partial charge in [-0.05, 0) is 41.5 Å². The van der Waals surface area contributed by atoms with Crippen LogP contribution in [-0.4, -0.2) is 30.5 Å². The summed E-state index contributed by atoms with van der Waals surface area (Å²) < 4.78 is 5.65. The molecule has 2 amide bonds. The molecule has 2 N–H and O–H groups in total. The number of hydrogen-bond donors (Lipinski definition) is 2. The van der Waals surface area contributed by atoms with Crippen LogP contribution in [0.5, 0.6) is 5.75 Å². The monoisotopic (exact) mass is 597 g/mol. The first-order chi connectivity index (χ1) is 19.9. The van der Waals surface area contributed by atoms with Gasteiger partial charge in [-0.15, -0.1) is 0 Å². The van der Waals surface area contributed by atoms with Crippen LogP contribution in [0.15, 0.2) is 59.7 Å². The maximum atomic E-state index is 12.8. The van der Waals surface area contributed by atoms with Crippen LogP contribution in [0, 0.1) is 0 Å². The molecule has 0 aliphatic heterocycles. The first-order valence-corrected chi connectivity index (χ1v) is 14.9. The van der Waals surface area contributed by atoms with Gasteiger partial charge in [-0.1, -0.05) is 112 Å². The molecule has 0 bridgehead atoms. The summed E-state index contributed by atoms with van der Waals surface area (Å²) in [6.45, 7) is 2.03. The third kappa shape index (κ3) is 10.8. The van der Waals surface area contributed by atoms with Crippen molar-refractivity contribution < 1.29 is 19.1 Å². The molecule has 0 spiro atoms. The van der Waals surface area contributed by atoms with Crippen molar-refractivity contribution >= 4 is 58.0 Å². The van der Waals surface area contributed by atoms with Crippen molar-refractivity contribution in [3.05, 3.63) is 75.8 Å². The van der Waals surface area contributed by atoms with Crippen LogP contribution < -0.4 is 15.5 Å². The fraction of sp³-hybridized carbons (Fsp3) is 0.375. The summed E-state index contributed by atoms with van der Waals surface area (Å²) in [6.07, 6.45) is 12.4. The smallest absolute Gasteiger partial charge is 0.345 e. The van der Waals surface area contributed by atoms with Crippen LogP contribution in [0.2, 0.25) is 10.0 Å². The minimum Gasteiger partial charge on any atom is -0.422 e. The molecule has 218 valence electrons. The molecule has 0 saturated carbocycles. The number of carbonyl (C=O) groups excluding carboxylic acids is 3. The van der Waals surface area contributed by atoms with Gasteiger partial charge in [0.2, 0.25) is 5.91 Å². The summed E-state index contributed by atoms with van der Waals surface area (Å²) in [4.78, 5) is 37.2. The quantitative estimate of drug-likeness (QED) is 0.0577. The highest BCUT2D eigenvalue weighted by Crippen LogP contribution is 2.29. The minimum atomic E-state index is -0.657. The van der Waals surface area contributed by atoms with Crippen molar-refractivity contribution in [1.82, 2.24) is 10.7 Å². The van der Waals surface area contributed by atoms with Crippen molar-refractivity contribution in [1.29, 1.82) is 0 Å². The molecule has 7 nitrogen and oxygen atoms in total. The number of carbonyl (C=O) groups is 3. The molecule has 0 radical (unpaired) electrons. The molecule has 0 heterocycles. The normalized spacial score (nSPS) is 11.1. The Bertz CT molecular complexity index is 1360. The number of fused-ring (bicyclic) bond motifs is 1. The van der Waals surface area contributed by atoms with Gasteiger partial charge in [-0.2, -0.15) is 5.10 Å². The third-order valence-corrected chi connectivity index (χ3v) is 7.17. The van der Waals surface area contributed by atoms with Crippen LogP contribution in [-0.2, 0) is 9.59 Å². The van der Waals surface area contributed by atoms with Gasteiger partial charge in [0.1, 0.15) is 5.75 Å². The molecule has 3 rings (SSSR count). The zero-order valence-corrected chi connectivity index (χ0v) is 24.9. The van der Waals surface area contributed by atoms with E-state index in [2.05, 4.69) is 22.8 Å². The van der Waals surface area contributed by atoms with Crippen molar-refractivity contribution in [2.45, 2.75) is 71.1 Å². The zero-order valence-electron chi connectivity index (χ0n) is 23.4. The Hall–Kier alpha value is -3.42. The third-order valence-electron chi connectivity index (χ3n) is 6.62. The number of esters is 1. The fourth-order valence-electron chi connectivity index (χ4n) is 4.38. The highest BCUT2D eigenvalue weighted by molar-refractivity contribution is 6.36. The van der Waals surface area contributed by atoms with Gasteiger partial charge in [0.25, 0.3) is 5.91 Å². The fourth-order valence-corrected chi connectivity index (χ4v) is 4.87. The van der Waals surface area contributed by atoms with E-state index in [0.29, 0.717) is 17.0 Å². The molecule has 41 heavy (non-hydrogen) atoms. The van der Waals surface area contributed by atoms with Gasteiger partial charge < -0.3 is 10.1 Å². The van der Waals surface area contributed by atoms with E-state index in [1.54, 1.807) is 12.1 Å². The number of nitrogens with one attached hydrogen (secondary N) is 2. The van der Waals surface area contributed by atoms with Gasteiger partial charge in [-0.25, -0.2) is 10.2 Å². The summed E-state index contributed by atoms with van der Waals surface area (Å²) in [7, 11) is 0. The van der Waals surface area contributed by atoms with E-state index < -0.39 is 11.9 Å². The Morgan fingerprint density at radius 2 is 1.56 bits per heavy atom. The summed E-state index contributed by atoms with van der Waals surface area (Å²) in [5, 5.41) is 8.93. The zero-order chi connectivity index (χ0) is 29.5. The second-order valence-corrected chi connectivity index (χ2v) is 10.7. The van der Waals surface area contributed by atoms with Crippen molar-refractivity contribution in [3.8, 4) is 5.75 Å². The Morgan fingerprint density at radius 1 is 0.854 bits per heavy atom. The van der Waals surface area contributed by atoms with E-state index in [1.807, 2.05) is 30.3 Å². The van der Waals surface area contributed by atoms with Crippen molar-refractivity contribution in [3.63, 3.8) is 0 Å². The van der Waals surface area contributed by atoms with Gasteiger partial charge in [-0.3, -0.25) is 9.59 Å². The van der Waals surface area contributed by atoms with Crippen molar-refractivity contribution in [2.24, 2.45) is 5.10 Å². The van der Waals surface area contributed by atoms with E-state index in [0.717, 1.165) is 30.0 Å². The average Bonchev–Trinajstić information content (AvgIpc) is 2.96. The Labute approximate surface area is 251 Å². The lowest BCUT2D eigenvalue weighted by Gasteiger charge is -2.11. The number of unbranched alkanes of at least 4 members (excludes halogenated alkanes) is 8. The molecular formula is C32H37Cl2N3O4. The predicted octanol–water partition coefficient (Wildman–Crippen LogP) is 7.85. The number of amides is 2. The van der Waals surface area contributed by atoms with E-state index in [9.17, 15) is 14.4 Å². The molecule has 9 heteroatoms. The molecule has 3 aromatic rings. The number of nitrogens with zero attached hydrogens (tertiary/aromatic N) is 1. The lowest BCUT2D eigenvalue weighted by atomic mass is 10.0. The lowest BCUT2D eigenvalue weighted by Crippen LogP contribution is -2.34. The molecule has 0 unspecified atom stereocenters. The standard InChI is InChI=1S/C32H37Cl2N3O4/c1-2-3-4-5-6-7-8-9-10-15-30(38)35-22-31(39)37-36-21-27-25-14-12-11-13-23(25)16-19-29(27)41-32(40)26-18-17-24(33)20-28(26)34/h11-14,16-21H,2-10,15,22H2,1H3,(H,35,38)(H,37,39)/b36-21+. The molecule has 3 aromatic carbocycles. The van der Waals surface area contributed by atoms with Crippen LogP contribution in [0.4, 0.5) is 0 Å². The van der Waals surface area contributed by atoms with Crippen LogP contribution in [0.3, 0.4) is 0 Å². The molecule has 0 aliphatic rings. The maximum Gasteiger partial charge on any atom is 0.345 e. The number of hydrogen-bond acceptors (Lipinski definition) is 5. The Morgan fingerprint density at radius 3 is 2.29 bits per heavy atom. The number of halogens is 2. The van der Waals surface area contributed by atoms with Gasteiger partial charge in [0.05, 0.1) is 23.3 Å². The molecule has 0 atom stereocenters. The molecule has 0 fully saturated rings. The van der Waals surface area contributed by atoms with E-state index in [4.69, 9.17) is 27.9 Å². The van der Waals surface area contributed by atoms with E-state index in [1.165, 1.54) is 56.9 Å². The lowest BCUT2D eigenvalue weighted by molar-refractivity contribution is -0.126. The highest BCUT2D eigenvalue weighted by Gasteiger charge is 2.16. The first kappa shape index (κ1) is 32.1. The van der Waals surface area contributed by atoms with E-state index >= 15 is 0 Å². The SMILES string of the molecule is CCCCCCCCCCCC(=O)NCC(=O)N/N=C/c1c(OC(=O)c2ccc(Cl)cc2Cl)ccc2ccccc12. The summed E-state index contributed by atoms with van der Waals surface area (Å²) in [6, 6.07) is 15.5. The number of rotatable bonds is 16. The minimum absolute atomic E-state index is 0.156. The van der Waals surface area contributed by atoms with Crippen LogP contribution >= 0.6 is 23.2 Å². The van der Waals surface area contributed by atoms with Crippen LogP contribution in [0.25, 0.3) is 10.8 Å². The Balaban J connectivity index is 1.51. The maximum absolute atomic E-state index is 12.8. The first-order valence-electron chi connectivity index (χ1n) is 14.2. The molecule has 0 saturated heterocycles. The Kier molecular flexibility index (Phi) is 13.6. The predicted molar refractivity (Wildman–Crippen MR) is 166 cm³/mol. The number of hydrazone groups is 1. The van der Waals surface area contributed by atoms with Gasteiger partial charge in [0.15, 0.2) is 0 Å². The largest absolute Gasteiger partial charge is 0.422 e. The summed E-state index contributed by atoms with van der Waals surface area (Å²) in [5.74, 6) is -1.04. The second-order valence-electron chi connectivity index (χ2n) is 9.86. The van der Waals surface area contributed by atoms with E-state index in [-0.39, 0.29) is 28.8 Å². The topological polar surface area (TPSA) is 96.9 Å². The number of benzene rings is 3. The summed E-state index contributed by atoms with van der Waals surface area (Å²) in [5.41, 5.74) is 3.09. The summed E-state index contributed by atoms with van der Waals surface area (Å²) >= 11 is 12.1. The second kappa shape index (κ2) is 17.4. The van der Waals surface area contributed by atoms with Gasteiger partial charge in [0, 0.05) is 17.0 Å².